The number of amides is 1. The first kappa shape index (κ1) is 20.1. The van der Waals surface area contributed by atoms with Crippen molar-refractivity contribution in [2.45, 2.75) is 19.4 Å². The molecule has 1 unspecified atom stereocenters. The second kappa shape index (κ2) is 8.30. The molecule has 1 aliphatic rings. The molecule has 1 amide bonds. The van der Waals surface area contributed by atoms with Crippen molar-refractivity contribution >= 4 is 40.6 Å². The summed E-state index contributed by atoms with van der Waals surface area (Å²) in [5.74, 6) is 0.768. The summed E-state index contributed by atoms with van der Waals surface area (Å²) < 4.78 is 1.85. The zero-order valence-electron chi connectivity index (χ0n) is 16.0. The SMILES string of the molecule is CC(=O)Nc1ccc(-c2cnc(N)c(-c3nncn3C3CC=CC(Cl)=C3Cl)c2)cc1. The summed E-state index contributed by atoms with van der Waals surface area (Å²) in [4.78, 5) is 15.6. The average molecular weight is 441 g/mol. The Hall–Kier alpha value is -3.16. The Kier molecular flexibility index (Phi) is 5.57. The minimum Gasteiger partial charge on any atom is -0.383 e. The van der Waals surface area contributed by atoms with E-state index in [0.717, 1.165) is 16.8 Å². The van der Waals surface area contributed by atoms with Gasteiger partial charge in [0.2, 0.25) is 5.91 Å². The van der Waals surface area contributed by atoms with E-state index in [-0.39, 0.29) is 11.9 Å². The highest BCUT2D eigenvalue weighted by Gasteiger charge is 2.24. The van der Waals surface area contributed by atoms with Crippen LogP contribution in [0.2, 0.25) is 0 Å². The monoisotopic (exact) mass is 440 g/mol. The van der Waals surface area contributed by atoms with Gasteiger partial charge in [-0.3, -0.25) is 4.79 Å². The van der Waals surface area contributed by atoms with Crippen molar-refractivity contribution in [2.24, 2.45) is 0 Å². The van der Waals surface area contributed by atoms with Crippen LogP contribution in [-0.4, -0.2) is 25.7 Å². The van der Waals surface area contributed by atoms with Crippen LogP contribution in [0.5, 0.6) is 0 Å². The van der Waals surface area contributed by atoms with Gasteiger partial charge in [0, 0.05) is 24.4 Å². The molecule has 0 radical (unpaired) electrons. The standard InChI is InChI=1S/C21H18Cl2N6O/c1-12(30)27-15-7-5-13(6-8-15)14-9-16(20(24)25-10-14)21-28-26-11-29(21)18-4-2-3-17(22)19(18)23/h2-3,5-11,18H,4H2,1H3,(H2,24,25)(H,27,30). The van der Waals surface area contributed by atoms with E-state index < -0.39 is 0 Å². The van der Waals surface area contributed by atoms with Gasteiger partial charge in [0.05, 0.1) is 21.7 Å². The Balaban J connectivity index is 1.71. The van der Waals surface area contributed by atoms with Gasteiger partial charge in [-0.15, -0.1) is 10.2 Å². The summed E-state index contributed by atoms with van der Waals surface area (Å²) in [5, 5.41) is 12.1. The average Bonchev–Trinajstić information content (AvgIpc) is 3.20. The first-order chi connectivity index (χ1) is 14.4. The number of nitrogen functional groups attached to an aromatic ring is 1. The van der Waals surface area contributed by atoms with E-state index in [1.54, 1.807) is 18.6 Å². The molecule has 0 bridgehead atoms. The number of anilines is 2. The Labute approximate surface area is 183 Å². The fourth-order valence-electron chi connectivity index (χ4n) is 3.30. The minimum absolute atomic E-state index is 0.121. The third-order valence-electron chi connectivity index (χ3n) is 4.75. The number of nitrogens with two attached hydrogens (primary N) is 1. The number of hydrogen-bond donors (Lipinski definition) is 2. The Bertz CT molecular complexity index is 1170. The topological polar surface area (TPSA) is 98.7 Å². The van der Waals surface area contributed by atoms with Crippen LogP contribution in [0.15, 0.2) is 65.1 Å². The highest BCUT2D eigenvalue weighted by atomic mass is 35.5. The maximum atomic E-state index is 11.2. The fraction of sp³-hybridized carbons (Fsp3) is 0.143. The summed E-state index contributed by atoms with van der Waals surface area (Å²) >= 11 is 12.6. The molecule has 7 nitrogen and oxygen atoms in total. The van der Waals surface area contributed by atoms with Crippen molar-refractivity contribution in [3.8, 4) is 22.5 Å². The number of nitrogens with zero attached hydrogens (tertiary/aromatic N) is 4. The lowest BCUT2D eigenvalue weighted by molar-refractivity contribution is -0.114. The van der Waals surface area contributed by atoms with Crippen molar-refractivity contribution < 1.29 is 4.79 Å². The highest BCUT2D eigenvalue weighted by molar-refractivity contribution is 6.40. The van der Waals surface area contributed by atoms with Gasteiger partial charge < -0.3 is 15.6 Å². The summed E-state index contributed by atoms with van der Waals surface area (Å²) in [6.45, 7) is 1.47. The molecule has 9 heteroatoms. The van der Waals surface area contributed by atoms with Crippen LogP contribution in [0.1, 0.15) is 19.4 Å². The summed E-state index contributed by atoms with van der Waals surface area (Å²) in [6, 6.07) is 9.16. The van der Waals surface area contributed by atoms with Gasteiger partial charge in [0.25, 0.3) is 0 Å². The molecule has 0 aliphatic heterocycles. The molecule has 1 aliphatic carbocycles. The highest BCUT2D eigenvalue weighted by Crippen LogP contribution is 2.37. The number of halogens is 2. The molecule has 1 atom stereocenters. The molecule has 0 saturated carbocycles. The molecule has 3 N–H and O–H groups in total. The van der Waals surface area contributed by atoms with Crippen LogP contribution < -0.4 is 11.1 Å². The zero-order chi connectivity index (χ0) is 21.3. The predicted octanol–water partition coefficient (Wildman–Crippen LogP) is 4.74. The van der Waals surface area contributed by atoms with E-state index in [1.807, 2.05) is 41.0 Å². The molecule has 30 heavy (non-hydrogen) atoms. The molecule has 2 heterocycles. The van der Waals surface area contributed by atoms with E-state index in [4.69, 9.17) is 28.9 Å². The molecule has 1 aromatic carbocycles. The van der Waals surface area contributed by atoms with Crippen molar-refractivity contribution in [3.63, 3.8) is 0 Å². The van der Waals surface area contributed by atoms with E-state index in [9.17, 15) is 4.79 Å². The lowest BCUT2D eigenvalue weighted by Crippen LogP contribution is -2.13. The molecular weight excluding hydrogens is 423 g/mol. The van der Waals surface area contributed by atoms with E-state index in [2.05, 4.69) is 20.5 Å². The van der Waals surface area contributed by atoms with Crippen LogP contribution in [0.3, 0.4) is 0 Å². The largest absolute Gasteiger partial charge is 0.383 e. The van der Waals surface area contributed by atoms with E-state index >= 15 is 0 Å². The molecule has 0 fully saturated rings. The normalized spacial score (nSPS) is 16.0. The maximum Gasteiger partial charge on any atom is 0.221 e. The van der Waals surface area contributed by atoms with E-state index in [1.165, 1.54) is 6.92 Å². The van der Waals surface area contributed by atoms with Gasteiger partial charge in [-0.1, -0.05) is 41.4 Å². The van der Waals surface area contributed by atoms with Crippen LogP contribution in [0.4, 0.5) is 11.5 Å². The summed E-state index contributed by atoms with van der Waals surface area (Å²) in [5.41, 5.74) is 9.31. The van der Waals surface area contributed by atoms with Crippen LogP contribution in [-0.2, 0) is 4.79 Å². The second-order valence-electron chi connectivity index (χ2n) is 6.83. The van der Waals surface area contributed by atoms with Crippen LogP contribution in [0, 0.1) is 0 Å². The number of pyridine rings is 1. The Morgan fingerprint density at radius 2 is 2.00 bits per heavy atom. The van der Waals surface area contributed by atoms with Crippen LogP contribution >= 0.6 is 23.2 Å². The molecule has 0 spiro atoms. The van der Waals surface area contributed by atoms with Crippen molar-refractivity contribution in [3.05, 3.63) is 65.1 Å². The van der Waals surface area contributed by atoms with E-state index in [0.29, 0.717) is 33.7 Å². The van der Waals surface area contributed by atoms with Crippen molar-refractivity contribution in [1.82, 2.24) is 19.7 Å². The fourth-order valence-corrected chi connectivity index (χ4v) is 3.78. The number of hydrogen-bond acceptors (Lipinski definition) is 5. The van der Waals surface area contributed by atoms with Crippen molar-refractivity contribution in [1.29, 1.82) is 0 Å². The summed E-state index contributed by atoms with van der Waals surface area (Å²) in [7, 11) is 0. The van der Waals surface area contributed by atoms with Gasteiger partial charge in [0.15, 0.2) is 5.82 Å². The Morgan fingerprint density at radius 1 is 1.23 bits per heavy atom. The third kappa shape index (κ3) is 3.94. The lowest BCUT2D eigenvalue weighted by atomic mass is 10.0. The molecule has 2 aromatic heterocycles. The molecular formula is C21H18Cl2N6O. The number of benzene rings is 1. The predicted molar refractivity (Wildman–Crippen MR) is 119 cm³/mol. The maximum absolute atomic E-state index is 11.2. The van der Waals surface area contributed by atoms with Crippen molar-refractivity contribution in [2.75, 3.05) is 11.1 Å². The number of allylic oxidation sites excluding steroid dienone is 4. The minimum atomic E-state index is -0.214. The first-order valence-electron chi connectivity index (χ1n) is 9.19. The van der Waals surface area contributed by atoms with Gasteiger partial charge >= 0.3 is 0 Å². The number of nitrogens with one attached hydrogen (secondary N) is 1. The number of carbonyl (C=O) groups excluding carboxylic acids is 1. The van der Waals surface area contributed by atoms with Crippen LogP contribution in [0.25, 0.3) is 22.5 Å². The number of rotatable bonds is 4. The van der Waals surface area contributed by atoms with Gasteiger partial charge in [0.1, 0.15) is 12.1 Å². The quantitative estimate of drug-likeness (QED) is 0.610. The second-order valence-corrected chi connectivity index (χ2v) is 7.64. The third-order valence-corrected chi connectivity index (χ3v) is 5.63. The molecule has 4 rings (SSSR count). The molecule has 3 aromatic rings. The molecule has 0 saturated heterocycles. The van der Waals surface area contributed by atoms with Gasteiger partial charge in [-0.25, -0.2) is 4.98 Å². The van der Waals surface area contributed by atoms with Gasteiger partial charge in [-0.2, -0.15) is 0 Å². The van der Waals surface area contributed by atoms with Gasteiger partial charge in [-0.05, 0) is 36.3 Å². The zero-order valence-corrected chi connectivity index (χ0v) is 17.5. The number of carbonyl (C=O) groups is 1. The summed E-state index contributed by atoms with van der Waals surface area (Å²) in [6.07, 6.45) is 7.71. The lowest BCUT2D eigenvalue weighted by Gasteiger charge is -2.21. The molecule has 152 valence electrons. The Morgan fingerprint density at radius 3 is 2.73 bits per heavy atom. The first-order valence-corrected chi connectivity index (χ1v) is 9.94. The number of aromatic nitrogens is 4. The smallest absolute Gasteiger partial charge is 0.221 e.